The molecule has 24 heteroatoms. The van der Waals surface area contributed by atoms with Crippen molar-refractivity contribution < 1.29 is 96.7 Å². The zero-order valence-electron chi connectivity index (χ0n) is 69.0. The number of hydrogen-bond acceptors (Lipinski definition) is 8. The van der Waals surface area contributed by atoms with E-state index in [1.54, 1.807) is 39.2 Å². The Labute approximate surface area is 601 Å². The molecule has 0 bridgehead atoms. The standard InChI is InChI=1S/8C9H21N.4BFO2/c8*1-4-6-8-10(3)9-7-5-2;4*2-1(3)4/h8*4-9H2,1-3H3;;;;/q;;;;;;;;4*-2/p+8. The summed E-state index contributed by atoms with van der Waals surface area (Å²) in [4.78, 5) is 13.6. The van der Waals surface area contributed by atoms with Crippen molar-refractivity contribution >= 4 is 29.6 Å². The molecule has 0 rings (SSSR count). The predicted octanol–water partition coefficient (Wildman–Crippen LogP) is -0.544. The summed E-state index contributed by atoms with van der Waals surface area (Å²) in [7, 11) is 5.71. The average Bonchev–Trinajstić information content (AvgIpc) is 3.64. The first-order valence-electron chi connectivity index (χ1n) is 39.7. The molecule has 0 aliphatic heterocycles. The minimum Gasteiger partial charge on any atom is -0.867 e. The normalized spacial score (nSPS) is 10.1. The lowest BCUT2D eigenvalue weighted by atomic mass is 10.3. The topological polar surface area (TPSA) is 220 Å². The first-order chi connectivity index (χ1) is 45.4. The van der Waals surface area contributed by atoms with E-state index in [1.807, 2.05) is 0 Å². The van der Waals surface area contributed by atoms with E-state index in [2.05, 4.69) is 167 Å². The maximum Gasteiger partial charge on any atom is 0.121 e. The van der Waals surface area contributed by atoms with Crippen LogP contribution in [0.25, 0.3) is 0 Å². The molecular formula is C72H176B4F4N8O8. The van der Waals surface area contributed by atoms with Crippen LogP contribution in [0, 0.1) is 0 Å². The zero-order chi connectivity index (χ0) is 76.9. The molecule has 0 aliphatic rings. The number of quaternary nitrogens is 8. The van der Waals surface area contributed by atoms with E-state index in [-0.39, 0.29) is 0 Å². The van der Waals surface area contributed by atoms with E-state index in [4.69, 9.17) is 40.2 Å². The smallest absolute Gasteiger partial charge is 0.121 e. The fraction of sp³-hybridized carbons (Fsp3) is 1.00. The monoisotopic (exact) mass is 1400 g/mol. The molecule has 0 saturated heterocycles. The van der Waals surface area contributed by atoms with E-state index < -0.39 is 29.6 Å². The molecule has 0 atom stereocenters. The van der Waals surface area contributed by atoms with Crippen molar-refractivity contribution in [2.45, 2.75) is 316 Å². The van der Waals surface area contributed by atoms with Crippen molar-refractivity contribution in [2.75, 3.05) is 161 Å². The van der Waals surface area contributed by atoms with Gasteiger partial charge in [0, 0.05) is 0 Å². The van der Waals surface area contributed by atoms with Gasteiger partial charge in [-0.3, -0.25) is 0 Å². The zero-order valence-corrected chi connectivity index (χ0v) is 69.0. The highest BCUT2D eigenvalue weighted by molar-refractivity contribution is 6.27. The van der Waals surface area contributed by atoms with E-state index >= 15 is 0 Å². The van der Waals surface area contributed by atoms with Crippen LogP contribution in [0.2, 0.25) is 0 Å². The third-order valence-electron chi connectivity index (χ3n) is 15.3. The Hall–Kier alpha value is -0.660. The summed E-state index contributed by atoms with van der Waals surface area (Å²) in [6, 6.07) is 0. The van der Waals surface area contributed by atoms with Gasteiger partial charge in [0.05, 0.1) is 161 Å². The largest absolute Gasteiger partial charge is 0.867 e. The van der Waals surface area contributed by atoms with Crippen LogP contribution < -0.4 is 79.4 Å². The van der Waals surface area contributed by atoms with Crippen LogP contribution in [-0.2, 0) is 0 Å². The molecular weight excluding hydrogens is 1220 g/mol. The molecule has 16 nitrogen and oxygen atoms in total. The Morgan fingerprint density at radius 1 is 0.156 bits per heavy atom. The second-order valence-electron chi connectivity index (χ2n) is 26.4. The van der Waals surface area contributed by atoms with Gasteiger partial charge in [-0.25, -0.2) is 0 Å². The molecule has 0 radical (unpaired) electrons. The van der Waals surface area contributed by atoms with Gasteiger partial charge < -0.3 is 96.7 Å². The van der Waals surface area contributed by atoms with Gasteiger partial charge in [0.2, 0.25) is 0 Å². The van der Waals surface area contributed by atoms with Crippen molar-refractivity contribution in [3.8, 4) is 0 Å². The van der Waals surface area contributed by atoms with Crippen molar-refractivity contribution in [3.63, 3.8) is 0 Å². The number of rotatable bonds is 48. The summed E-state index contributed by atoms with van der Waals surface area (Å²) in [6.07, 6.45) is 43.5. The summed E-state index contributed by atoms with van der Waals surface area (Å²) >= 11 is 0. The molecule has 0 fully saturated rings. The fourth-order valence-electron chi connectivity index (χ4n) is 8.66. The quantitative estimate of drug-likeness (QED) is 0.0292. The third-order valence-corrected chi connectivity index (χ3v) is 15.3. The van der Waals surface area contributed by atoms with E-state index in [9.17, 15) is 17.3 Å². The third kappa shape index (κ3) is 198. The molecule has 8 N–H and O–H groups in total. The van der Waals surface area contributed by atoms with Crippen LogP contribution in [0.4, 0.5) is 17.3 Å². The summed E-state index contributed by atoms with van der Waals surface area (Å²) in [6.45, 7) is 57.8. The molecule has 0 aromatic carbocycles. The number of halogens is 4. The van der Waals surface area contributed by atoms with Crippen molar-refractivity contribution in [1.29, 1.82) is 0 Å². The van der Waals surface area contributed by atoms with Crippen molar-refractivity contribution in [3.05, 3.63) is 0 Å². The highest BCUT2D eigenvalue weighted by atomic mass is 19.1. The van der Waals surface area contributed by atoms with Gasteiger partial charge >= 0.3 is 0 Å². The van der Waals surface area contributed by atoms with Gasteiger partial charge in [-0.05, 0) is 103 Å². The number of nitrogens with one attached hydrogen (secondary N) is 8. The molecule has 0 unspecified atom stereocenters. The molecule has 0 heterocycles. The Kier molecular flexibility index (Phi) is 151. The van der Waals surface area contributed by atoms with E-state index in [1.165, 1.54) is 310 Å². The van der Waals surface area contributed by atoms with Crippen molar-refractivity contribution in [1.82, 2.24) is 0 Å². The Morgan fingerprint density at radius 2 is 0.198 bits per heavy atom. The van der Waals surface area contributed by atoms with Gasteiger partial charge in [0.1, 0.15) is 29.6 Å². The molecule has 96 heavy (non-hydrogen) atoms. The fourth-order valence-corrected chi connectivity index (χ4v) is 8.66. The Bertz CT molecular complexity index is 875. The Morgan fingerprint density at radius 3 is 0.229 bits per heavy atom. The van der Waals surface area contributed by atoms with Gasteiger partial charge in [0.15, 0.2) is 0 Å². The maximum atomic E-state index is 9.89. The maximum absolute atomic E-state index is 9.89. The highest BCUT2D eigenvalue weighted by Crippen LogP contribution is 1.88. The lowest BCUT2D eigenvalue weighted by Gasteiger charge is -2.11. The SMILES string of the molecule is CCCC[NH+](C)CCCC.CCCC[NH+](C)CCCC.CCCC[NH+](C)CCCC.CCCC[NH+](C)CCCC.CCCC[NH+](C)CCCC.CCCC[NH+](C)CCCC.CCCC[NH+](C)CCCC.CCCC[NH+](C)CCCC.[O-]B([O-])F.[O-]B([O-])F.[O-]B([O-])F.[O-]B([O-])F. The molecule has 592 valence electrons. The van der Waals surface area contributed by atoms with Crippen LogP contribution >= 0.6 is 0 Å². The van der Waals surface area contributed by atoms with Gasteiger partial charge in [-0.1, -0.05) is 214 Å². The van der Waals surface area contributed by atoms with Gasteiger partial charge in [-0.2, -0.15) is 0 Å². The number of unbranched alkanes of at least 4 members (excludes halogenated alkanes) is 16. The average molecular weight is 1400 g/mol. The molecule has 0 spiro atoms. The van der Waals surface area contributed by atoms with Crippen LogP contribution in [0.15, 0.2) is 0 Å². The lowest BCUT2D eigenvalue weighted by molar-refractivity contribution is -0.880. The molecule has 0 aliphatic carbocycles. The van der Waals surface area contributed by atoms with Crippen LogP contribution in [0.1, 0.15) is 316 Å². The predicted molar refractivity (Wildman–Crippen MR) is 399 cm³/mol. The van der Waals surface area contributed by atoms with Crippen LogP contribution in [0.5, 0.6) is 0 Å². The second kappa shape index (κ2) is 118. The van der Waals surface area contributed by atoms with E-state index in [0.29, 0.717) is 0 Å². The van der Waals surface area contributed by atoms with Gasteiger partial charge in [0.25, 0.3) is 0 Å². The molecule has 0 amide bonds. The van der Waals surface area contributed by atoms with E-state index in [0.717, 1.165) is 0 Å². The van der Waals surface area contributed by atoms with Crippen LogP contribution in [0.3, 0.4) is 0 Å². The Balaban J connectivity index is -0.0000000813. The summed E-state index contributed by atoms with van der Waals surface area (Å²) < 4.78 is 39.6. The molecule has 0 aromatic rings. The van der Waals surface area contributed by atoms with Gasteiger partial charge in [-0.15, -0.1) is 0 Å². The molecule has 0 aromatic heterocycles. The van der Waals surface area contributed by atoms with Crippen LogP contribution in [-0.4, -0.2) is 191 Å². The minimum atomic E-state index is -3.17. The first kappa shape index (κ1) is 122. The van der Waals surface area contributed by atoms with Crippen molar-refractivity contribution in [2.24, 2.45) is 0 Å². The number of hydrogen-bond donors (Lipinski definition) is 8. The summed E-state index contributed by atoms with van der Waals surface area (Å²) in [5.74, 6) is 0. The molecule has 0 saturated carbocycles. The highest BCUT2D eigenvalue weighted by Gasteiger charge is 2.03. The summed E-state index contributed by atoms with van der Waals surface area (Å²) in [5.41, 5.74) is 0. The minimum absolute atomic E-state index is 1.34. The second-order valence-corrected chi connectivity index (χ2v) is 26.4. The lowest BCUT2D eigenvalue weighted by Crippen LogP contribution is -3.08. The first-order valence-corrected chi connectivity index (χ1v) is 39.7. The summed E-state index contributed by atoms with van der Waals surface area (Å²) in [5, 5.41) is 66.4.